The zero-order valence-electron chi connectivity index (χ0n) is 16.2. The third-order valence-electron chi connectivity index (χ3n) is 6.08. The lowest BCUT2D eigenvalue weighted by Gasteiger charge is -2.42. The number of hydrogen-bond donors (Lipinski definition) is 1. The van der Waals surface area contributed by atoms with E-state index in [0.717, 1.165) is 45.1 Å². The van der Waals surface area contributed by atoms with Gasteiger partial charge in [0.05, 0.1) is 13.2 Å². The molecule has 3 aliphatic rings. The molecule has 3 fully saturated rings. The lowest BCUT2D eigenvalue weighted by atomic mass is 9.76. The topological polar surface area (TPSA) is 80.2 Å². The van der Waals surface area contributed by atoms with Crippen molar-refractivity contribution in [1.29, 1.82) is 0 Å². The Bertz CT molecular complexity index is 697. The molecular formula is C19H29N5O2. The first-order chi connectivity index (χ1) is 12.3. The molecule has 0 aromatic carbocycles. The largest absolute Gasteiger partial charge is 0.380 e. The molecule has 1 spiro atoms. The van der Waals surface area contributed by atoms with Crippen molar-refractivity contribution in [1.82, 2.24) is 19.9 Å². The highest BCUT2D eigenvalue weighted by atomic mass is 16.5. The Morgan fingerprint density at radius 2 is 2.12 bits per heavy atom. The van der Waals surface area contributed by atoms with Gasteiger partial charge in [-0.15, -0.1) is 0 Å². The summed E-state index contributed by atoms with van der Waals surface area (Å²) in [6, 6.07) is 0. The lowest BCUT2D eigenvalue weighted by molar-refractivity contribution is -0.139. The van der Waals surface area contributed by atoms with E-state index in [1.807, 2.05) is 0 Å². The van der Waals surface area contributed by atoms with E-state index in [9.17, 15) is 4.79 Å². The van der Waals surface area contributed by atoms with Crippen molar-refractivity contribution < 1.29 is 9.53 Å². The van der Waals surface area contributed by atoms with Gasteiger partial charge in [-0.05, 0) is 12.3 Å². The fourth-order valence-electron chi connectivity index (χ4n) is 4.03. The number of rotatable bonds is 4. The maximum absolute atomic E-state index is 12.7. The molecule has 142 valence electrons. The number of aromatic nitrogens is 3. The van der Waals surface area contributed by atoms with Gasteiger partial charge in [0.15, 0.2) is 0 Å². The second kappa shape index (κ2) is 6.15. The van der Waals surface area contributed by atoms with Gasteiger partial charge in [0.25, 0.3) is 0 Å². The van der Waals surface area contributed by atoms with Gasteiger partial charge in [-0.1, -0.05) is 27.7 Å². The first kappa shape index (κ1) is 17.6. The van der Waals surface area contributed by atoms with E-state index in [2.05, 4.69) is 52.9 Å². The average molecular weight is 359 g/mol. The molecule has 1 N–H and O–H groups in total. The van der Waals surface area contributed by atoms with Gasteiger partial charge in [-0.2, -0.15) is 4.98 Å². The third-order valence-corrected chi connectivity index (χ3v) is 6.08. The lowest BCUT2D eigenvalue weighted by Crippen LogP contribution is -2.50. The van der Waals surface area contributed by atoms with Crippen LogP contribution in [0, 0.1) is 23.2 Å². The van der Waals surface area contributed by atoms with Crippen molar-refractivity contribution in [3.05, 3.63) is 12.2 Å². The molecule has 2 saturated heterocycles. The third kappa shape index (κ3) is 3.17. The van der Waals surface area contributed by atoms with Crippen LogP contribution in [0.5, 0.6) is 0 Å². The van der Waals surface area contributed by atoms with Gasteiger partial charge in [0.2, 0.25) is 11.9 Å². The van der Waals surface area contributed by atoms with E-state index >= 15 is 0 Å². The zero-order valence-corrected chi connectivity index (χ0v) is 16.2. The van der Waals surface area contributed by atoms with Crippen LogP contribution in [-0.2, 0) is 14.9 Å². The minimum atomic E-state index is -0.111. The maximum Gasteiger partial charge on any atom is 0.225 e. The van der Waals surface area contributed by atoms with Crippen LogP contribution in [0.2, 0.25) is 0 Å². The normalized spacial score (nSPS) is 29.5. The van der Waals surface area contributed by atoms with Gasteiger partial charge >= 0.3 is 0 Å². The molecule has 0 bridgehead atoms. The first-order valence-electron chi connectivity index (χ1n) is 9.58. The van der Waals surface area contributed by atoms with E-state index in [1.165, 1.54) is 0 Å². The maximum atomic E-state index is 12.7. The van der Waals surface area contributed by atoms with Crippen LogP contribution >= 0.6 is 0 Å². The second-order valence-electron chi connectivity index (χ2n) is 9.35. The quantitative estimate of drug-likeness (QED) is 0.882. The second-order valence-corrected chi connectivity index (χ2v) is 9.35. The molecule has 1 aromatic heterocycles. The molecule has 7 nitrogen and oxygen atoms in total. The van der Waals surface area contributed by atoms with Gasteiger partial charge in [0.1, 0.15) is 12.2 Å². The van der Waals surface area contributed by atoms with Crippen molar-refractivity contribution in [2.24, 2.45) is 23.2 Å². The van der Waals surface area contributed by atoms with Gasteiger partial charge in [0, 0.05) is 42.3 Å². The van der Waals surface area contributed by atoms with Crippen molar-refractivity contribution in [3.63, 3.8) is 0 Å². The van der Waals surface area contributed by atoms with E-state index in [4.69, 9.17) is 4.74 Å². The number of carbonyl (C=O) groups excluding carboxylic acids is 1. The summed E-state index contributed by atoms with van der Waals surface area (Å²) < 4.78 is 5.52. The van der Waals surface area contributed by atoms with Crippen molar-refractivity contribution in [2.75, 3.05) is 38.2 Å². The number of amides is 1. The Hall–Kier alpha value is -1.76. The van der Waals surface area contributed by atoms with Gasteiger partial charge in [-0.3, -0.25) is 4.79 Å². The number of anilines is 1. The fourth-order valence-corrected chi connectivity index (χ4v) is 4.03. The number of nitrogens with zero attached hydrogens (tertiary/aromatic N) is 4. The monoisotopic (exact) mass is 359 g/mol. The molecular weight excluding hydrogens is 330 g/mol. The Kier molecular flexibility index (Phi) is 4.17. The van der Waals surface area contributed by atoms with Crippen molar-refractivity contribution >= 4 is 11.9 Å². The fraction of sp³-hybridized carbons (Fsp3) is 0.789. The SMILES string of the molecule is C[C@@H]1C[C@H]1C(=O)N1CC(CNc2ncnc(C(C)(C)C)n2)C2(COC2)C1. The summed E-state index contributed by atoms with van der Waals surface area (Å²) in [6.45, 7) is 12.3. The molecule has 0 radical (unpaired) electrons. The summed E-state index contributed by atoms with van der Waals surface area (Å²) in [5.41, 5.74) is -0.0133. The highest BCUT2D eigenvalue weighted by Gasteiger charge is 2.54. The van der Waals surface area contributed by atoms with Crippen LogP contribution in [0.15, 0.2) is 6.33 Å². The summed E-state index contributed by atoms with van der Waals surface area (Å²) >= 11 is 0. The van der Waals surface area contributed by atoms with Gasteiger partial charge < -0.3 is 15.0 Å². The highest BCUT2D eigenvalue weighted by Crippen LogP contribution is 2.46. The van der Waals surface area contributed by atoms with Crippen LogP contribution in [0.4, 0.5) is 5.95 Å². The molecule has 26 heavy (non-hydrogen) atoms. The van der Waals surface area contributed by atoms with E-state index in [0.29, 0.717) is 23.7 Å². The van der Waals surface area contributed by atoms with Crippen LogP contribution < -0.4 is 5.32 Å². The number of likely N-dealkylation sites (tertiary alicyclic amines) is 1. The number of carbonyl (C=O) groups is 1. The van der Waals surface area contributed by atoms with Crippen molar-refractivity contribution in [2.45, 2.75) is 39.5 Å². The molecule has 1 aromatic rings. The van der Waals surface area contributed by atoms with Crippen LogP contribution in [0.3, 0.4) is 0 Å². The van der Waals surface area contributed by atoms with E-state index in [1.54, 1.807) is 6.33 Å². The summed E-state index contributed by atoms with van der Waals surface area (Å²) in [4.78, 5) is 27.8. The Morgan fingerprint density at radius 1 is 1.38 bits per heavy atom. The molecule has 4 rings (SSSR count). The first-order valence-corrected chi connectivity index (χ1v) is 9.58. The molecule has 2 aliphatic heterocycles. The summed E-state index contributed by atoms with van der Waals surface area (Å²) in [7, 11) is 0. The molecule has 3 heterocycles. The summed E-state index contributed by atoms with van der Waals surface area (Å²) in [6.07, 6.45) is 2.61. The highest BCUT2D eigenvalue weighted by molar-refractivity contribution is 5.82. The predicted octanol–water partition coefficient (Wildman–Crippen LogP) is 1.71. The minimum Gasteiger partial charge on any atom is -0.380 e. The number of nitrogens with one attached hydrogen (secondary N) is 1. The summed E-state index contributed by atoms with van der Waals surface area (Å²) in [5, 5.41) is 3.38. The minimum absolute atomic E-state index is 0.0979. The molecule has 1 amide bonds. The molecule has 1 unspecified atom stereocenters. The zero-order chi connectivity index (χ0) is 18.5. The molecule has 3 atom stereocenters. The van der Waals surface area contributed by atoms with Crippen LogP contribution in [0.1, 0.15) is 39.9 Å². The molecule has 1 saturated carbocycles. The van der Waals surface area contributed by atoms with E-state index in [-0.39, 0.29) is 16.7 Å². The molecule has 7 heteroatoms. The van der Waals surface area contributed by atoms with Crippen LogP contribution in [0.25, 0.3) is 0 Å². The number of ether oxygens (including phenoxy) is 1. The predicted molar refractivity (Wildman–Crippen MR) is 97.6 cm³/mol. The standard InChI is InChI=1S/C19H29N5O2/c1-12-5-14(12)15(25)24-7-13(19(8-24)9-26-10-19)6-20-17-22-11-21-16(23-17)18(2,3)4/h11-14H,5-10H2,1-4H3,(H,20,21,22,23)/t12-,13?,14-/m1/s1. The van der Waals surface area contributed by atoms with E-state index < -0.39 is 0 Å². The van der Waals surface area contributed by atoms with Gasteiger partial charge in [-0.25, -0.2) is 9.97 Å². The Labute approximate surface area is 154 Å². The average Bonchev–Trinajstić information content (AvgIpc) is 3.15. The van der Waals surface area contributed by atoms with Crippen molar-refractivity contribution in [3.8, 4) is 0 Å². The molecule has 1 aliphatic carbocycles. The Balaban J connectivity index is 1.42. The number of hydrogen-bond acceptors (Lipinski definition) is 6. The Morgan fingerprint density at radius 3 is 2.69 bits per heavy atom. The summed E-state index contributed by atoms with van der Waals surface area (Å²) in [5.74, 6) is 2.89. The van der Waals surface area contributed by atoms with Crippen LogP contribution in [-0.4, -0.2) is 58.6 Å². The smallest absolute Gasteiger partial charge is 0.225 e.